The van der Waals surface area contributed by atoms with E-state index in [1.54, 1.807) is 0 Å². The summed E-state index contributed by atoms with van der Waals surface area (Å²) in [6.45, 7) is 3.98. The van der Waals surface area contributed by atoms with Crippen molar-refractivity contribution in [3.05, 3.63) is 12.1 Å². The molecule has 0 spiro atoms. The van der Waals surface area contributed by atoms with Crippen molar-refractivity contribution in [3.63, 3.8) is 0 Å². The first-order valence-corrected chi connectivity index (χ1v) is 8.55. The van der Waals surface area contributed by atoms with Crippen LogP contribution in [0.1, 0.15) is 32.1 Å². The van der Waals surface area contributed by atoms with Gasteiger partial charge in [-0.15, -0.1) is 10.2 Å². The molecule has 2 amide bonds. The van der Waals surface area contributed by atoms with Gasteiger partial charge in [-0.25, -0.2) is 4.79 Å². The van der Waals surface area contributed by atoms with E-state index in [-0.39, 0.29) is 6.03 Å². The van der Waals surface area contributed by atoms with Crippen LogP contribution in [0.25, 0.3) is 0 Å². The molecule has 2 fully saturated rings. The number of amides is 2. The second kappa shape index (κ2) is 7.59. The predicted molar refractivity (Wildman–Crippen MR) is 90.8 cm³/mol. The molecule has 23 heavy (non-hydrogen) atoms. The quantitative estimate of drug-likeness (QED) is 0.887. The zero-order valence-corrected chi connectivity index (χ0v) is 13.8. The van der Waals surface area contributed by atoms with Crippen molar-refractivity contribution >= 4 is 17.7 Å². The largest absolute Gasteiger partial charge is 0.353 e. The van der Waals surface area contributed by atoms with Gasteiger partial charge in [0.1, 0.15) is 0 Å². The molecule has 2 aliphatic rings. The number of aromatic nitrogens is 2. The highest BCUT2D eigenvalue weighted by Gasteiger charge is 2.17. The van der Waals surface area contributed by atoms with Crippen LogP contribution in [0.2, 0.25) is 0 Å². The Bertz CT molecular complexity index is 506. The summed E-state index contributed by atoms with van der Waals surface area (Å²) in [5.74, 6) is 1.37. The molecule has 0 unspecified atom stereocenters. The highest BCUT2D eigenvalue weighted by atomic mass is 16.2. The SMILES string of the molecule is CN1CCN(c2ccc(NC(=O)NC3CCCCC3)nn2)CC1. The second-order valence-corrected chi connectivity index (χ2v) is 6.50. The van der Waals surface area contributed by atoms with Gasteiger partial charge in [-0.3, -0.25) is 5.32 Å². The third-order valence-corrected chi connectivity index (χ3v) is 4.66. The molecule has 2 heterocycles. The Morgan fingerprint density at radius 2 is 1.83 bits per heavy atom. The van der Waals surface area contributed by atoms with Gasteiger partial charge in [-0.1, -0.05) is 19.3 Å². The van der Waals surface area contributed by atoms with E-state index in [2.05, 4.69) is 37.7 Å². The fourth-order valence-electron chi connectivity index (χ4n) is 3.18. The van der Waals surface area contributed by atoms with E-state index in [0.717, 1.165) is 44.8 Å². The van der Waals surface area contributed by atoms with E-state index in [1.165, 1.54) is 19.3 Å². The van der Waals surface area contributed by atoms with Gasteiger partial charge in [0.15, 0.2) is 11.6 Å². The Morgan fingerprint density at radius 3 is 2.48 bits per heavy atom. The average Bonchev–Trinajstić information content (AvgIpc) is 2.57. The third-order valence-electron chi connectivity index (χ3n) is 4.66. The topological polar surface area (TPSA) is 73.4 Å². The molecule has 7 heteroatoms. The van der Waals surface area contributed by atoms with Crippen LogP contribution >= 0.6 is 0 Å². The van der Waals surface area contributed by atoms with Crippen LogP contribution in [0.5, 0.6) is 0 Å². The lowest BCUT2D eigenvalue weighted by molar-refractivity contribution is 0.244. The smallest absolute Gasteiger partial charge is 0.320 e. The van der Waals surface area contributed by atoms with E-state index >= 15 is 0 Å². The molecule has 1 aliphatic heterocycles. The van der Waals surface area contributed by atoms with Gasteiger partial charge in [-0.2, -0.15) is 0 Å². The Hall–Kier alpha value is -1.89. The molecular weight excluding hydrogens is 292 g/mol. The molecule has 0 radical (unpaired) electrons. The summed E-state index contributed by atoms with van der Waals surface area (Å²) in [5, 5.41) is 14.2. The molecule has 3 rings (SSSR count). The van der Waals surface area contributed by atoms with Crippen molar-refractivity contribution in [2.45, 2.75) is 38.1 Å². The lowest BCUT2D eigenvalue weighted by atomic mass is 9.96. The fraction of sp³-hybridized carbons (Fsp3) is 0.688. The summed E-state index contributed by atoms with van der Waals surface area (Å²) in [5.41, 5.74) is 0. The minimum Gasteiger partial charge on any atom is -0.353 e. The summed E-state index contributed by atoms with van der Waals surface area (Å²) >= 11 is 0. The monoisotopic (exact) mass is 318 g/mol. The zero-order valence-electron chi connectivity index (χ0n) is 13.8. The molecule has 1 saturated carbocycles. The number of rotatable bonds is 3. The molecule has 2 N–H and O–H groups in total. The van der Waals surface area contributed by atoms with Gasteiger partial charge in [-0.05, 0) is 32.0 Å². The first kappa shape index (κ1) is 16.0. The van der Waals surface area contributed by atoms with Crippen LogP contribution < -0.4 is 15.5 Å². The fourth-order valence-corrected chi connectivity index (χ4v) is 3.18. The van der Waals surface area contributed by atoms with Crippen LogP contribution in [0, 0.1) is 0 Å². The van der Waals surface area contributed by atoms with Crippen molar-refractivity contribution in [2.24, 2.45) is 0 Å². The van der Waals surface area contributed by atoms with Gasteiger partial charge in [0, 0.05) is 32.2 Å². The first-order valence-electron chi connectivity index (χ1n) is 8.55. The Kier molecular flexibility index (Phi) is 5.27. The summed E-state index contributed by atoms with van der Waals surface area (Å²) in [7, 11) is 2.13. The maximum absolute atomic E-state index is 12.0. The number of nitrogens with zero attached hydrogens (tertiary/aromatic N) is 4. The second-order valence-electron chi connectivity index (χ2n) is 6.50. The standard InChI is InChI=1S/C16H26N6O/c1-21-9-11-22(12-10-21)15-8-7-14(19-20-15)18-16(23)17-13-5-3-2-4-6-13/h7-8,13H,2-6,9-12H2,1H3,(H2,17,18,19,23). The Balaban J connectivity index is 1.49. The maximum Gasteiger partial charge on any atom is 0.320 e. The minimum absolute atomic E-state index is 0.182. The molecule has 1 aromatic rings. The molecule has 126 valence electrons. The van der Waals surface area contributed by atoms with Crippen molar-refractivity contribution in [2.75, 3.05) is 43.4 Å². The predicted octanol–water partition coefficient (Wildman–Crippen LogP) is 1.68. The van der Waals surface area contributed by atoms with Crippen molar-refractivity contribution in [3.8, 4) is 0 Å². The Labute approximate surface area is 137 Å². The van der Waals surface area contributed by atoms with Gasteiger partial charge in [0.05, 0.1) is 0 Å². The number of nitrogens with one attached hydrogen (secondary N) is 2. The number of carbonyl (C=O) groups is 1. The van der Waals surface area contributed by atoms with E-state index in [4.69, 9.17) is 0 Å². The van der Waals surface area contributed by atoms with E-state index in [1.807, 2.05) is 12.1 Å². The molecule has 1 aromatic heterocycles. The van der Waals surface area contributed by atoms with Crippen molar-refractivity contribution in [1.29, 1.82) is 0 Å². The van der Waals surface area contributed by atoms with Crippen LogP contribution in [0.4, 0.5) is 16.4 Å². The first-order chi connectivity index (χ1) is 11.2. The van der Waals surface area contributed by atoms with Crippen LogP contribution in [-0.2, 0) is 0 Å². The van der Waals surface area contributed by atoms with E-state index in [0.29, 0.717) is 11.9 Å². The molecule has 1 aliphatic carbocycles. The van der Waals surface area contributed by atoms with Crippen LogP contribution in [0.3, 0.4) is 0 Å². The number of carbonyl (C=O) groups excluding carboxylic acids is 1. The summed E-state index contributed by atoms with van der Waals surface area (Å²) in [4.78, 5) is 16.5. The summed E-state index contributed by atoms with van der Waals surface area (Å²) < 4.78 is 0. The lowest BCUT2D eigenvalue weighted by Gasteiger charge is -2.32. The number of hydrogen-bond acceptors (Lipinski definition) is 5. The minimum atomic E-state index is -0.182. The maximum atomic E-state index is 12.0. The zero-order chi connectivity index (χ0) is 16.1. The lowest BCUT2D eigenvalue weighted by Crippen LogP contribution is -2.44. The van der Waals surface area contributed by atoms with Crippen LogP contribution in [0.15, 0.2) is 12.1 Å². The number of anilines is 2. The van der Waals surface area contributed by atoms with Gasteiger partial charge < -0.3 is 15.1 Å². The average molecular weight is 318 g/mol. The number of piperazine rings is 1. The third kappa shape index (κ3) is 4.54. The number of likely N-dealkylation sites (N-methyl/N-ethyl adjacent to an activating group) is 1. The van der Waals surface area contributed by atoms with Gasteiger partial charge >= 0.3 is 6.03 Å². The van der Waals surface area contributed by atoms with Crippen molar-refractivity contribution < 1.29 is 4.79 Å². The molecule has 0 atom stereocenters. The molecule has 0 bridgehead atoms. The number of urea groups is 1. The Morgan fingerprint density at radius 1 is 1.09 bits per heavy atom. The number of hydrogen-bond donors (Lipinski definition) is 2. The van der Waals surface area contributed by atoms with Gasteiger partial charge in [0.25, 0.3) is 0 Å². The molecular formula is C16H26N6O. The summed E-state index contributed by atoms with van der Waals surface area (Å²) in [6.07, 6.45) is 5.82. The van der Waals surface area contributed by atoms with Crippen LogP contribution in [-0.4, -0.2) is 60.4 Å². The van der Waals surface area contributed by atoms with E-state index < -0.39 is 0 Å². The van der Waals surface area contributed by atoms with Gasteiger partial charge in [0.2, 0.25) is 0 Å². The molecule has 7 nitrogen and oxygen atoms in total. The molecule has 0 aromatic carbocycles. The highest BCUT2D eigenvalue weighted by molar-refractivity contribution is 5.88. The molecule has 1 saturated heterocycles. The summed E-state index contributed by atoms with van der Waals surface area (Å²) in [6, 6.07) is 3.86. The van der Waals surface area contributed by atoms with Crippen molar-refractivity contribution in [1.82, 2.24) is 20.4 Å². The highest BCUT2D eigenvalue weighted by Crippen LogP contribution is 2.18. The normalized spacial score (nSPS) is 20.3. The van der Waals surface area contributed by atoms with E-state index in [9.17, 15) is 4.79 Å².